The number of sulfonamides is 1. The molecule has 0 amide bonds. The molecule has 0 aliphatic heterocycles. The number of hydrogen-bond acceptors (Lipinski definition) is 3. The van der Waals surface area contributed by atoms with E-state index in [4.69, 9.17) is 5.11 Å². The van der Waals surface area contributed by atoms with Crippen LogP contribution in [0.4, 0.5) is 0 Å². The standard InChI is InChI=1S/C12H14BrNO4S/c1-3-4-10(12(15)16)14-19(17,18)11-7-9(13)6-5-8(11)2/h3,5-7,10,14H,1,4H2,2H3,(H,15,16). The number of nitrogens with one attached hydrogen (secondary N) is 1. The summed E-state index contributed by atoms with van der Waals surface area (Å²) in [5.41, 5.74) is 0.540. The minimum absolute atomic E-state index is 0.0155. The lowest BCUT2D eigenvalue weighted by Crippen LogP contribution is -2.40. The molecule has 0 fully saturated rings. The van der Waals surface area contributed by atoms with E-state index >= 15 is 0 Å². The molecule has 0 bridgehead atoms. The Hall–Kier alpha value is -1.18. The van der Waals surface area contributed by atoms with E-state index in [-0.39, 0.29) is 11.3 Å². The van der Waals surface area contributed by atoms with Gasteiger partial charge in [-0.15, -0.1) is 6.58 Å². The Morgan fingerprint density at radius 1 is 1.58 bits per heavy atom. The topological polar surface area (TPSA) is 83.5 Å². The van der Waals surface area contributed by atoms with Crippen LogP contribution in [0.3, 0.4) is 0 Å². The molecule has 0 heterocycles. The van der Waals surface area contributed by atoms with Crippen LogP contribution in [0.1, 0.15) is 12.0 Å². The summed E-state index contributed by atoms with van der Waals surface area (Å²) >= 11 is 3.19. The zero-order valence-corrected chi connectivity index (χ0v) is 12.7. The van der Waals surface area contributed by atoms with Gasteiger partial charge >= 0.3 is 5.97 Å². The monoisotopic (exact) mass is 347 g/mol. The van der Waals surface area contributed by atoms with Crippen molar-refractivity contribution in [2.24, 2.45) is 0 Å². The lowest BCUT2D eigenvalue weighted by molar-refractivity contribution is -0.138. The average Bonchev–Trinajstić information content (AvgIpc) is 2.31. The van der Waals surface area contributed by atoms with Gasteiger partial charge in [-0.2, -0.15) is 4.72 Å². The van der Waals surface area contributed by atoms with Gasteiger partial charge in [0.25, 0.3) is 0 Å². The minimum atomic E-state index is -3.89. The van der Waals surface area contributed by atoms with Crippen LogP contribution in [0.2, 0.25) is 0 Å². The van der Waals surface area contributed by atoms with Gasteiger partial charge in [-0.1, -0.05) is 28.1 Å². The molecule has 1 atom stereocenters. The number of benzene rings is 1. The zero-order valence-electron chi connectivity index (χ0n) is 10.3. The van der Waals surface area contributed by atoms with Crippen molar-refractivity contribution in [2.45, 2.75) is 24.3 Å². The Balaban J connectivity index is 3.13. The van der Waals surface area contributed by atoms with Crippen LogP contribution in [-0.4, -0.2) is 25.5 Å². The Morgan fingerprint density at radius 2 is 2.21 bits per heavy atom. The first-order valence-corrected chi connectivity index (χ1v) is 7.67. The molecule has 1 aromatic rings. The normalized spacial score (nSPS) is 12.9. The van der Waals surface area contributed by atoms with Crippen molar-refractivity contribution < 1.29 is 18.3 Å². The van der Waals surface area contributed by atoms with Crippen molar-refractivity contribution in [3.8, 4) is 0 Å². The molecule has 7 heteroatoms. The molecule has 0 aliphatic carbocycles. The maximum Gasteiger partial charge on any atom is 0.322 e. The number of aliphatic carboxylic acids is 1. The Kier molecular flexibility index (Phi) is 5.28. The van der Waals surface area contributed by atoms with E-state index in [0.717, 1.165) is 0 Å². The molecule has 2 N–H and O–H groups in total. The number of halogens is 1. The molecule has 0 aromatic heterocycles. The molecular formula is C12H14BrNO4S. The van der Waals surface area contributed by atoms with Crippen LogP contribution in [0, 0.1) is 6.92 Å². The molecular weight excluding hydrogens is 334 g/mol. The van der Waals surface area contributed by atoms with Gasteiger partial charge in [-0.05, 0) is 31.0 Å². The summed E-state index contributed by atoms with van der Waals surface area (Å²) in [5.74, 6) is -1.24. The van der Waals surface area contributed by atoms with Gasteiger partial charge in [0.2, 0.25) is 10.0 Å². The van der Waals surface area contributed by atoms with Crippen molar-refractivity contribution in [3.05, 3.63) is 40.9 Å². The number of rotatable bonds is 6. The number of carboxylic acids is 1. The van der Waals surface area contributed by atoms with Crippen LogP contribution in [-0.2, 0) is 14.8 Å². The highest BCUT2D eigenvalue weighted by Crippen LogP contribution is 2.20. The molecule has 104 valence electrons. The van der Waals surface area contributed by atoms with Gasteiger partial charge in [-0.3, -0.25) is 4.79 Å². The van der Waals surface area contributed by atoms with Crippen molar-refractivity contribution in [2.75, 3.05) is 0 Å². The second-order valence-corrected chi connectivity index (χ2v) is 6.54. The van der Waals surface area contributed by atoms with Crippen LogP contribution in [0.25, 0.3) is 0 Å². The van der Waals surface area contributed by atoms with Crippen LogP contribution in [0.15, 0.2) is 40.2 Å². The smallest absolute Gasteiger partial charge is 0.322 e. The fraction of sp³-hybridized carbons (Fsp3) is 0.250. The predicted octanol–water partition coefficient (Wildman–Crippen LogP) is 2.07. The highest BCUT2D eigenvalue weighted by Gasteiger charge is 2.25. The van der Waals surface area contributed by atoms with Crippen LogP contribution < -0.4 is 4.72 Å². The second-order valence-electron chi connectivity index (χ2n) is 3.95. The molecule has 0 spiro atoms. The minimum Gasteiger partial charge on any atom is -0.480 e. The third-order valence-corrected chi connectivity index (χ3v) is 4.54. The fourth-order valence-corrected chi connectivity index (χ4v) is 3.47. The van der Waals surface area contributed by atoms with Crippen molar-refractivity contribution in [3.63, 3.8) is 0 Å². The molecule has 0 aliphatic rings. The average molecular weight is 348 g/mol. The quantitative estimate of drug-likeness (QED) is 0.771. The maximum atomic E-state index is 12.2. The first-order valence-electron chi connectivity index (χ1n) is 5.40. The SMILES string of the molecule is C=CCC(NS(=O)(=O)c1cc(Br)ccc1C)C(=O)O. The van der Waals surface area contributed by atoms with E-state index in [0.29, 0.717) is 10.0 Å². The van der Waals surface area contributed by atoms with Crippen LogP contribution >= 0.6 is 15.9 Å². The van der Waals surface area contributed by atoms with Gasteiger partial charge in [0.1, 0.15) is 6.04 Å². The number of aryl methyl sites for hydroxylation is 1. The van der Waals surface area contributed by atoms with E-state index in [1.54, 1.807) is 19.1 Å². The number of hydrogen-bond donors (Lipinski definition) is 2. The molecule has 19 heavy (non-hydrogen) atoms. The first-order chi connectivity index (χ1) is 8.77. The largest absolute Gasteiger partial charge is 0.480 e. The summed E-state index contributed by atoms with van der Waals surface area (Å²) in [6.45, 7) is 5.05. The summed E-state index contributed by atoms with van der Waals surface area (Å²) in [6, 6.07) is 3.57. The van der Waals surface area contributed by atoms with Crippen molar-refractivity contribution >= 4 is 31.9 Å². The van der Waals surface area contributed by atoms with Crippen LogP contribution in [0.5, 0.6) is 0 Å². The number of carbonyl (C=O) groups is 1. The van der Waals surface area contributed by atoms with Gasteiger partial charge in [0, 0.05) is 4.47 Å². The van der Waals surface area contributed by atoms with E-state index in [1.807, 2.05) is 0 Å². The van der Waals surface area contributed by atoms with E-state index in [2.05, 4.69) is 27.2 Å². The van der Waals surface area contributed by atoms with E-state index < -0.39 is 22.0 Å². The first kappa shape index (κ1) is 15.9. The summed E-state index contributed by atoms with van der Waals surface area (Å²) in [5, 5.41) is 8.95. The van der Waals surface area contributed by atoms with Gasteiger partial charge in [0.05, 0.1) is 4.90 Å². The molecule has 0 saturated carbocycles. The second kappa shape index (κ2) is 6.31. The highest BCUT2D eigenvalue weighted by molar-refractivity contribution is 9.10. The number of carboxylic acid groups (broad SMARTS) is 1. The summed E-state index contributed by atoms with van der Waals surface area (Å²) in [4.78, 5) is 11.0. The Bertz CT molecular complexity index is 598. The fourth-order valence-electron chi connectivity index (χ4n) is 1.48. The van der Waals surface area contributed by atoms with E-state index in [1.165, 1.54) is 12.1 Å². The maximum absolute atomic E-state index is 12.2. The zero-order chi connectivity index (χ0) is 14.6. The molecule has 1 rings (SSSR count). The van der Waals surface area contributed by atoms with Gasteiger partial charge in [0.15, 0.2) is 0 Å². The molecule has 1 unspecified atom stereocenters. The Labute approximate surface area is 120 Å². The van der Waals surface area contributed by atoms with Gasteiger partial charge < -0.3 is 5.11 Å². The van der Waals surface area contributed by atoms with E-state index in [9.17, 15) is 13.2 Å². The molecule has 1 aromatic carbocycles. The third kappa shape index (κ3) is 4.15. The Morgan fingerprint density at radius 3 is 2.74 bits per heavy atom. The lowest BCUT2D eigenvalue weighted by atomic mass is 10.2. The molecule has 0 radical (unpaired) electrons. The highest BCUT2D eigenvalue weighted by atomic mass is 79.9. The van der Waals surface area contributed by atoms with Crippen molar-refractivity contribution in [1.82, 2.24) is 4.72 Å². The molecule has 5 nitrogen and oxygen atoms in total. The summed E-state index contributed by atoms with van der Waals surface area (Å²) < 4.78 is 27.1. The van der Waals surface area contributed by atoms with Crippen molar-refractivity contribution in [1.29, 1.82) is 0 Å². The summed E-state index contributed by atoms with van der Waals surface area (Å²) in [6.07, 6.45) is 1.37. The van der Waals surface area contributed by atoms with Gasteiger partial charge in [-0.25, -0.2) is 8.42 Å². The lowest BCUT2D eigenvalue weighted by Gasteiger charge is -2.14. The molecule has 0 saturated heterocycles. The summed E-state index contributed by atoms with van der Waals surface area (Å²) in [7, 11) is -3.89. The third-order valence-electron chi connectivity index (χ3n) is 2.44. The predicted molar refractivity (Wildman–Crippen MR) is 75.4 cm³/mol.